The van der Waals surface area contributed by atoms with Crippen LogP contribution in [0.3, 0.4) is 0 Å². The summed E-state index contributed by atoms with van der Waals surface area (Å²) in [6.07, 6.45) is 1.63. The van der Waals surface area contributed by atoms with Crippen molar-refractivity contribution in [1.82, 2.24) is 0 Å². The molecule has 0 saturated heterocycles. The Morgan fingerprint density at radius 2 is 1.82 bits per heavy atom. The lowest BCUT2D eigenvalue weighted by atomic mass is 9.65. The van der Waals surface area contributed by atoms with Gasteiger partial charge in [-0.05, 0) is 74.7 Å². The topological polar surface area (TPSA) is 81.6 Å². The van der Waals surface area contributed by atoms with E-state index in [1.165, 1.54) is 5.56 Å². The SMILES string of the molecule is CC(=O)N1c2ccc(N)cc2C(C)(c2ccc(OCCCN)cc2)CC1(C)C. The highest BCUT2D eigenvalue weighted by Crippen LogP contribution is 2.51. The van der Waals surface area contributed by atoms with Crippen LogP contribution in [0.2, 0.25) is 0 Å². The molecule has 4 N–H and O–H groups in total. The maximum Gasteiger partial charge on any atom is 0.224 e. The predicted octanol–water partition coefficient (Wildman–Crippen LogP) is 3.84. The molecule has 5 heteroatoms. The fourth-order valence-electron chi connectivity index (χ4n) is 4.60. The van der Waals surface area contributed by atoms with Crippen LogP contribution in [-0.4, -0.2) is 24.6 Å². The zero-order valence-electron chi connectivity index (χ0n) is 17.3. The van der Waals surface area contributed by atoms with Gasteiger partial charge in [0, 0.05) is 29.3 Å². The van der Waals surface area contributed by atoms with Crippen LogP contribution < -0.4 is 21.1 Å². The molecule has 1 unspecified atom stereocenters. The van der Waals surface area contributed by atoms with Crippen molar-refractivity contribution >= 4 is 17.3 Å². The largest absolute Gasteiger partial charge is 0.494 e. The number of hydrogen-bond acceptors (Lipinski definition) is 4. The molecule has 0 saturated carbocycles. The molecule has 1 heterocycles. The summed E-state index contributed by atoms with van der Waals surface area (Å²) in [7, 11) is 0. The third kappa shape index (κ3) is 3.59. The molecular formula is C23H31N3O2. The number of nitrogens with two attached hydrogens (primary N) is 2. The van der Waals surface area contributed by atoms with Gasteiger partial charge in [-0.3, -0.25) is 4.79 Å². The van der Waals surface area contributed by atoms with Crippen LogP contribution in [0.5, 0.6) is 5.75 Å². The molecule has 150 valence electrons. The van der Waals surface area contributed by atoms with Crippen LogP contribution in [0.15, 0.2) is 42.5 Å². The van der Waals surface area contributed by atoms with E-state index < -0.39 is 0 Å². The van der Waals surface area contributed by atoms with Crippen molar-refractivity contribution in [2.45, 2.75) is 51.5 Å². The number of rotatable bonds is 5. The number of carbonyl (C=O) groups is 1. The van der Waals surface area contributed by atoms with Crippen LogP contribution in [0.25, 0.3) is 0 Å². The number of benzene rings is 2. The number of carbonyl (C=O) groups excluding carboxylic acids is 1. The molecule has 3 rings (SSSR count). The maximum absolute atomic E-state index is 12.4. The lowest BCUT2D eigenvalue weighted by Crippen LogP contribution is -2.55. The third-order valence-electron chi connectivity index (χ3n) is 5.67. The minimum absolute atomic E-state index is 0.0433. The molecule has 28 heavy (non-hydrogen) atoms. The molecule has 1 aliphatic heterocycles. The maximum atomic E-state index is 12.4. The molecule has 2 aromatic rings. The molecule has 1 atom stereocenters. The van der Waals surface area contributed by atoms with Gasteiger partial charge in [-0.2, -0.15) is 0 Å². The van der Waals surface area contributed by atoms with E-state index in [1.54, 1.807) is 6.92 Å². The van der Waals surface area contributed by atoms with Crippen LogP contribution in [-0.2, 0) is 10.2 Å². The number of anilines is 2. The average Bonchev–Trinajstić information content (AvgIpc) is 2.62. The van der Waals surface area contributed by atoms with Crippen LogP contribution in [0.1, 0.15) is 51.7 Å². The van der Waals surface area contributed by atoms with Crippen molar-refractivity contribution in [3.05, 3.63) is 53.6 Å². The standard InChI is InChI=1S/C23H31N3O2/c1-16(27)26-21-11-8-18(25)14-20(21)23(4,15-22(26,2)3)17-6-9-19(10-7-17)28-13-5-12-24/h6-11,14H,5,12-13,15,24-25H2,1-4H3. The van der Waals surface area contributed by atoms with Gasteiger partial charge in [-0.1, -0.05) is 19.1 Å². The summed E-state index contributed by atoms with van der Waals surface area (Å²) in [4.78, 5) is 14.3. The minimum atomic E-state index is -0.319. The summed E-state index contributed by atoms with van der Waals surface area (Å²) in [5.41, 5.74) is 15.0. The normalized spacial score (nSPS) is 20.5. The third-order valence-corrected chi connectivity index (χ3v) is 5.67. The first-order valence-corrected chi connectivity index (χ1v) is 9.83. The van der Waals surface area contributed by atoms with Gasteiger partial charge in [0.1, 0.15) is 5.75 Å². The first kappa shape index (κ1) is 20.2. The van der Waals surface area contributed by atoms with Gasteiger partial charge < -0.3 is 21.1 Å². The van der Waals surface area contributed by atoms with E-state index in [0.717, 1.165) is 29.8 Å². The zero-order chi connectivity index (χ0) is 20.5. The number of hydrogen-bond donors (Lipinski definition) is 2. The lowest BCUT2D eigenvalue weighted by Gasteiger charge is -2.51. The second-order valence-electron chi connectivity index (χ2n) is 8.47. The molecular weight excluding hydrogens is 350 g/mol. The van der Waals surface area contributed by atoms with Gasteiger partial charge in [0.05, 0.1) is 6.61 Å². The second kappa shape index (κ2) is 7.47. The van der Waals surface area contributed by atoms with Gasteiger partial charge in [-0.15, -0.1) is 0 Å². The monoisotopic (exact) mass is 381 g/mol. The fraction of sp³-hybridized carbons (Fsp3) is 0.435. The van der Waals surface area contributed by atoms with Crippen molar-refractivity contribution in [1.29, 1.82) is 0 Å². The summed E-state index contributed by atoms with van der Waals surface area (Å²) in [5.74, 6) is 0.885. The Balaban J connectivity index is 2.05. The summed E-state index contributed by atoms with van der Waals surface area (Å²) < 4.78 is 5.75. The van der Waals surface area contributed by atoms with E-state index in [9.17, 15) is 4.79 Å². The van der Waals surface area contributed by atoms with Crippen LogP contribution >= 0.6 is 0 Å². The Morgan fingerprint density at radius 3 is 2.43 bits per heavy atom. The summed E-state index contributed by atoms with van der Waals surface area (Å²) in [5, 5.41) is 0. The highest BCUT2D eigenvalue weighted by atomic mass is 16.5. The van der Waals surface area contributed by atoms with E-state index in [0.29, 0.717) is 18.8 Å². The molecule has 0 bridgehead atoms. The molecule has 0 aromatic heterocycles. The minimum Gasteiger partial charge on any atom is -0.494 e. The van der Waals surface area contributed by atoms with Crippen molar-refractivity contribution in [2.75, 3.05) is 23.8 Å². The molecule has 0 radical (unpaired) electrons. The molecule has 5 nitrogen and oxygen atoms in total. The zero-order valence-corrected chi connectivity index (χ0v) is 17.3. The Morgan fingerprint density at radius 1 is 1.14 bits per heavy atom. The molecule has 2 aromatic carbocycles. The molecule has 0 aliphatic carbocycles. The van der Waals surface area contributed by atoms with Gasteiger partial charge in [0.2, 0.25) is 5.91 Å². The van der Waals surface area contributed by atoms with Crippen molar-refractivity contribution in [3.63, 3.8) is 0 Å². The predicted molar refractivity (Wildman–Crippen MR) is 115 cm³/mol. The van der Waals surface area contributed by atoms with Gasteiger partial charge in [-0.25, -0.2) is 0 Å². The summed E-state index contributed by atoms with van der Waals surface area (Å²) >= 11 is 0. The van der Waals surface area contributed by atoms with Crippen molar-refractivity contribution in [3.8, 4) is 5.75 Å². The lowest BCUT2D eigenvalue weighted by molar-refractivity contribution is -0.117. The van der Waals surface area contributed by atoms with Crippen molar-refractivity contribution in [2.24, 2.45) is 5.73 Å². The number of nitrogen functional groups attached to an aromatic ring is 1. The van der Waals surface area contributed by atoms with E-state index in [2.05, 4.69) is 32.9 Å². The quantitative estimate of drug-likeness (QED) is 0.609. The van der Waals surface area contributed by atoms with Gasteiger partial charge in [0.15, 0.2) is 0 Å². The van der Waals surface area contributed by atoms with Gasteiger partial charge in [0.25, 0.3) is 0 Å². The Labute approximate surface area is 167 Å². The number of nitrogens with zero attached hydrogens (tertiary/aromatic N) is 1. The van der Waals surface area contributed by atoms with E-state index in [1.807, 2.05) is 35.2 Å². The second-order valence-corrected chi connectivity index (χ2v) is 8.47. The number of fused-ring (bicyclic) bond motifs is 1. The number of amides is 1. The molecule has 1 amide bonds. The molecule has 1 aliphatic rings. The molecule has 0 fully saturated rings. The highest BCUT2D eigenvalue weighted by Gasteiger charge is 2.47. The molecule has 0 spiro atoms. The number of ether oxygens (including phenoxy) is 1. The van der Waals surface area contributed by atoms with E-state index >= 15 is 0 Å². The Kier molecular flexibility index (Phi) is 5.39. The van der Waals surface area contributed by atoms with E-state index in [-0.39, 0.29) is 16.9 Å². The summed E-state index contributed by atoms with van der Waals surface area (Å²) in [6, 6.07) is 14.1. The highest BCUT2D eigenvalue weighted by molar-refractivity contribution is 5.95. The Bertz CT molecular complexity index is 861. The first-order valence-electron chi connectivity index (χ1n) is 9.83. The van der Waals surface area contributed by atoms with E-state index in [4.69, 9.17) is 16.2 Å². The first-order chi connectivity index (χ1) is 13.2. The van der Waals surface area contributed by atoms with Crippen molar-refractivity contribution < 1.29 is 9.53 Å². The van der Waals surface area contributed by atoms with Crippen LogP contribution in [0.4, 0.5) is 11.4 Å². The van der Waals surface area contributed by atoms with Crippen LogP contribution in [0, 0.1) is 0 Å². The fourth-order valence-corrected chi connectivity index (χ4v) is 4.60. The summed E-state index contributed by atoms with van der Waals surface area (Å²) in [6.45, 7) is 9.34. The van der Waals surface area contributed by atoms with Gasteiger partial charge >= 0.3 is 0 Å². The Hall–Kier alpha value is -2.53. The average molecular weight is 382 g/mol. The smallest absolute Gasteiger partial charge is 0.224 e.